The van der Waals surface area contributed by atoms with E-state index in [9.17, 15) is 0 Å². The number of hydrogen-bond donors (Lipinski definition) is 1. The minimum absolute atomic E-state index is 0.625. The molecule has 0 aliphatic heterocycles. The number of nitrogens with two attached hydrogens (primary N) is 1. The number of aromatic nitrogens is 2. The van der Waals surface area contributed by atoms with Crippen molar-refractivity contribution in [1.82, 2.24) is 9.97 Å². The second kappa shape index (κ2) is 4.77. The molecule has 0 aliphatic rings. The molecule has 4 nitrogen and oxygen atoms in total. The quantitative estimate of drug-likeness (QED) is 0.742. The Labute approximate surface area is 78.1 Å². The van der Waals surface area contributed by atoms with Gasteiger partial charge in [0.05, 0.1) is 7.11 Å². The topological polar surface area (TPSA) is 61.0 Å². The third kappa shape index (κ3) is 2.99. The summed E-state index contributed by atoms with van der Waals surface area (Å²) in [5, 5.41) is 0. The number of methoxy groups -OCH3 is 1. The van der Waals surface area contributed by atoms with E-state index in [0.717, 1.165) is 24.4 Å². The van der Waals surface area contributed by atoms with Crippen LogP contribution in [0.3, 0.4) is 0 Å². The van der Waals surface area contributed by atoms with Crippen molar-refractivity contribution in [3.8, 4) is 5.88 Å². The Morgan fingerprint density at radius 3 is 2.85 bits per heavy atom. The van der Waals surface area contributed by atoms with Gasteiger partial charge in [-0.2, -0.15) is 4.98 Å². The second-order valence-corrected chi connectivity index (χ2v) is 2.84. The molecule has 0 unspecified atom stereocenters. The van der Waals surface area contributed by atoms with Crippen molar-refractivity contribution in [2.24, 2.45) is 5.73 Å². The van der Waals surface area contributed by atoms with Crippen LogP contribution in [0.1, 0.15) is 17.9 Å². The van der Waals surface area contributed by atoms with Gasteiger partial charge in [0.2, 0.25) is 5.88 Å². The van der Waals surface area contributed by atoms with Crippen LogP contribution >= 0.6 is 0 Å². The molecule has 0 saturated carbocycles. The summed E-state index contributed by atoms with van der Waals surface area (Å²) in [5.74, 6) is 1.37. The summed E-state index contributed by atoms with van der Waals surface area (Å²) >= 11 is 0. The van der Waals surface area contributed by atoms with E-state index >= 15 is 0 Å². The highest BCUT2D eigenvalue weighted by atomic mass is 16.5. The van der Waals surface area contributed by atoms with E-state index < -0.39 is 0 Å². The van der Waals surface area contributed by atoms with E-state index in [2.05, 4.69) is 9.97 Å². The van der Waals surface area contributed by atoms with Gasteiger partial charge in [-0.3, -0.25) is 0 Å². The normalized spacial score (nSPS) is 10.1. The molecular formula is C9H15N3O. The first-order valence-corrected chi connectivity index (χ1v) is 4.35. The van der Waals surface area contributed by atoms with Gasteiger partial charge in [-0.15, -0.1) is 0 Å². The zero-order valence-corrected chi connectivity index (χ0v) is 8.08. The average Bonchev–Trinajstić information content (AvgIpc) is 2.14. The highest BCUT2D eigenvalue weighted by Gasteiger charge is 2.00. The summed E-state index contributed by atoms with van der Waals surface area (Å²) < 4.78 is 5.03. The molecule has 1 rings (SSSR count). The molecule has 1 aromatic rings. The average molecular weight is 181 g/mol. The van der Waals surface area contributed by atoms with Crippen molar-refractivity contribution in [3.05, 3.63) is 17.6 Å². The summed E-state index contributed by atoms with van der Waals surface area (Å²) in [7, 11) is 1.61. The monoisotopic (exact) mass is 181 g/mol. The zero-order valence-electron chi connectivity index (χ0n) is 8.08. The largest absolute Gasteiger partial charge is 0.481 e. The van der Waals surface area contributed by atoms with E-state index in [0.29, 0.717) is 12.4 Å². The van der Waals surface area contributed by atoms with Crippen molar-refractivity contribution in [1.29, 1.82) is 0 Å². The van der Waals surface area contributed by atoms with Gasteiger partial charge in [0.25, 0.3) is 0 Å². The smallest absolute Gasteiger partial charge is 0.216 e. The number of ether oxygens (including phenoxy) is 1. The van der Waals surface area contributed by atoms with Gasteiger partial charge in [-0.25, -0.2) is 4.98 Å². The Morgan fingerprint density at radius 1 is 1.46 bits per heavy atom. The van der Waals surface area contributed by atoms with Gasteiger partial charge in [-0.05, 0) is 26.3 Å². The summed E-state index contributed by atoms with van der Waals surface area (Å²) in [6.07, 6.45) is 1.83. The van der Waals surface area contributed by atoms with E-state index in [-0.39, 0.29) is 0 Å². The first-order chi connectivity index (χ1) is 6.26. The molecule has 2 N–H and O–H groups in total. The Balaban J connectivity index is 2.76. The molecule has 4 heteroatoms. The van der Waals surface area contributed by atoms with Crippen molar-refractivity contribution in [3.63, 3.8) is 0 Å². The van der Waals surface area contributed by atoms with Crippen LogP contribution in [0.5, 0.6) is 5.88 Å². The van der Waals surface area contributed by atoms with E-state index in [1.54, 1.807) is 7.11 Å². The molecule has 0 amide bonds. The SMILES string of the molecule is COc1cc(CCCN)nc(C)n1. The molecule has 0 radical (unpaired) electrons. The minimum Gasteiger partial charge on any atom is -0.481 e. The molecule has 1 heterocycles. The number of aryl methyl sites for hydroxylation is 2. The molecule has 0 spiro atoms. The molecule has 0 fully saturated rings. The van der Waals surface area contributed by atoms with E-state index in [1.807, 2.05) is 13.0 Å². The Morgan fingerprint density at radius 2 is 2.23 bits per heavy atom. The summed E-state index contributed by atoms with van der Waals surface area (Å²) in [4.78, 5) is 8.37. The fourth-order valence-corrected chi connectivity index (χ4v) is 1.12. The van der Waals surface area contributed by atoms with Crippen LogP contribution in [0.4, 0.5) is 0 Å². The van der Waals surface area contributed by atoms with Crippen LogP contribution in [-0.2, 0) is 6.42 Å². The summed E-state index contributed by atoms with van der Waals surface area (Å²) in [5.41, 5.74) is 6.41. The first-order valence-electron chi connectivity index (χ1n) is 4.35. The minimum atomic E-state index is 0.625. The van der Waals surface area contributed by atoms with Crippen LogP contribution in [0.15, 0.2) is 6.07 Å². The molecule has 0 aromatic carbocycles. The van der Waals surface area contributed by atoms with Gasteiger partial charge in [0, 0.05) is 11.8 Å². The molecule has 0 aliphatic carbocycles. The van der Waals surface area contributed by atoms with Gasteiger partial charge in [0.15, 0.2) is 0 Å². The highest BCUT2D eigenvalue weighted by molar-refractivity contribution is 5.16. The van der Waals surface area contributed by atoms with Crippen molar-refractivity contribution >= 4 is 0 Å². The predicted octanol–water partition coefficient (Wildman–Crippen LogP) is 0.685. The Kier molecular flexibility index (Phi) is 3.64. The fraction of sp³-hybridized carbons (Fsp3) is 0.556. The van der Waals surface area contributed by atoms with Crippen LogP contribution < -0.4 is 10.5 Å². The molecule has 0 atom stereocenters. The standard InChI is InChI=1S/C9H15N3O/c1-7-11-8(4-3-5-10)6-9(12-7)13-2/h6H,3-5,10H2,1-2H3. The maximum Gasteiger partial charge on any atom is 0.216 e. The van der Waals surface area contributed by atoms with Crippen LogP contribution in [0, 0.1) is 6.92 Å². The van der Waals surface area contributed by atoms with Crippen LogP contribution in [0.25, 0.3) is 0 Å². The highest BCUT2D eigenvalue weighted by Crippen LogP contribution is 2.09. The number of rotatable bonds is 4. The van der Waals surface area contributed by atoms with Gasteiger partial charge in [0.1, 0.15) is 5.82 Å². The van der Waals surface area contributed by atoms with Gasteiger partial charge < -0.3 is 10.5 Å². The molecule has 13 heavy (non-hydrogen) atoms. The third-order valence-corrected chi connectivity index (χ3v) is 1.71. The summed E-state index contributed by atoms with van der Waals surface area (Å²) in [6.45, 7) is 2.54. The first kappa shape index (κ1) is 9.92. The fourth-order valence-electron chi connectivity index (χ4n) is 1.12. The van der Waals surface area contributed by atoms with Crippen LogP contribution in [0.2, 0.25) is 0 Å². The second-order valence-electron chi connectivity index (χ2n) is 2.84. The molecule has 0 bridgehead atoms. The predicted molar refractivity (Wildman–Crippen MR) is 50.7 cm³/mol. The molecule has 0 saturated heterocycles. The van der Waals surface area contributed by atoms with E-state index in [1.165, 1.54) is 0 Å². The van der Waals surface area contributed by atoms with Crippen molar-refractivity contribution < 1.29 is 4.74 Å². The van der Waals surface area contributed by atoms with Crippen molar-refractivity contribution in [2.75, 3.05) is 13.7 Å². The lowest BCUT2D eigenvalue weighted by Crippen LogP contribution is -2.03. The number of nitrogens with zero attached hydrogens (tertiary/aromatic N) is 2. The van der Waals surface area contributed by atoms with Crippen molar-refractivity contribution in [2.45, 2.75) is 19.8 Å². The lowest BCUT2D eigenvalue weighted by molar-refractivity contribution is 0.394. The Bertz CT molecular complexity index is 276. The third-order valence-electron chi connectivity index (χ3n) is 1.71. The maximum atomic E-state index is 5.41. The lowest BCUT2D eigenvalue weighted by Gasteiger charge is -2.03. The summed E-state index contributed by atoms with van der Waals surface area (Å²) in [6, 6.07) is 1.85. The Hall–Kier alpha value is -1.16. The van der Waals surface area contributed by atoms with Crippen LogP contribution in [-0.4, -0.2) is 23.6 Å². The molecular weight excluding hydrogens is 166 g/mol. The maximum absolute atomic E-state index is 5.41. The van der Waals surface area contributed by atoms with Gasteiger partial charge in [-0.1, -0.05) is 0 Å². The molecule has 72 valence electrons. The molecule has 1 aromatic heterocycles. The van der Waals surface area contributed by atoms with Gasteiger partial charge >= 0.3 is 0 Å². The van der Waals surface area contributed by atoms with E-state index in [4.69, 9.17) is 10.5 Å². The number of hydrogen-bond acceptors (Lipinski definition) is 4. The lowest BCUT2D eigenvalue weighted by atomic mass is 10.2. The zero-order chi connectivity index (χ0) is 9.68.